The number of nitrogens with zero attached hydrogens (tertiary/aromatic N) is 2. The summed E-state index contributed by atoms with van der Waals surface area (Å²) in [4.78, 5) is 13.0. The van der Waals surface area contributed by atoms with Crippen LogP contribution in [0.5, 0.6) is 0 Å². The lowest BCUT2D eigenvalue weighted by atomic mass is 9.99. The van der Waals surface area contributed by atoms with Crippen molar-refractivity contribution in [3.05, 3.63) is 34.4 Å². The molecule has 1 fully saturated rings. The Morgan fingerprint density at radius 2 is 2.18 bits per heavy atom. The Balaban J connectivity index is 2.34. The number of para-hydroxylation sites is 2. The summed E-state index contributed by atoms with van der Waals surface area (Å²) in [5.41, 5.74) is 1.01. The molecule has 92 valence electrons. The molecular weight excluding hydrogens is 216 g/mol. The fraction of sp³-hybridized carbons (Fsp3) is 0.538. The Kier molecular flexibility index (Phi) is 3.61. The average Bonchev–Trinajstić information content (AvgIpc) is 2.38. The zero-order chi connectivity index (χ0) is 12.3. The van der Waals surface area contributed by atoms with Crippen LogP contribution in [0.3, 0.4) is 0 Å². The van der Waals surface area contributed by atoms with E-state index in [1.54, 1.807) is 12.1 Å². The van der Waals surface area contributed by atoms with Gasteiger partial charge in [0.2, 0.25) is 0 Å². The van der Waals surface area contributed by atoms with Crippen LogP contribution in [-0.2, 0) is 0 Å². The average molecular weight is 234 g/mol. The van der Waals surface area contributed by atoms with Crippen molar-refractivity contribution in [2.45, 2.75) is 38.6 Å². The first-order valence-corrected chi connectivity index (χ1v) is 6.24. The lowest BCUT2D eigenvalue weighted by Gasteiger charge is -2.36. The molecule has 0 N–H and O–H groups in total. The van der Waals surface area contributed by atoms with Gasteiger partial charge in [-0.05, 0) is 31.7 Å². The standard InChI is InChI=1S/C13H18N2O2/c1-2-11-7-5-6-10-14(11)12-8-3-4-9-13(12)15(16)17/h3-4,8-9,11H,2,5-7,10H2,1H3. The van der Waals surface area contributed by atoms with E-state index in [1.807, 2.05) is 12.1 Å². The van der Waals surface area contributed by atoms with Gasteiger partial charge in [-0.2, -0.15) is 0 Å². The van der Waals surface area contributed by atoms with E-state index in [1.165, 1.54) is 6.42 Å². The normalized spacial score (nSPS) is 20.3. The highest BCUT2D eigenvalue weighted by Crippen LogP contribution is 2.33. The molecule has 4 heteroatoms. The van der Waals surface area contributed by atoms with Crippen LogP contribution in [0, 0.1) is 10.1 Å². The number of hydrogen-bond acceptors (Lipinski definition) is 3. The lowest BCUT2D eigenvalue weighted by Crippen LogP contribution is -2.39. The SMILES string of the molecule is CCC1CCCCN1c1ccccc1[N+](=O)[O-]. The Bertz CT molecular complexity index is 406. The number of nitro benzene ring substituents is 1. The minimum atomic E-state index is -0.281. The van der Waals surface area contributed by atoms with E-state index in [0.29, 0.717) is 6.04 Å². The van der Waals surface area contributed by atoms with Crippen molar-refractivity contribution in [3.63, 3.8) is 0 Å². The second kappa shape index (κ2) is 5.17. The molecule has 1 aromatic rings. The maximum absolute atomic E-state index is 11.0. The van der Waals surface area contributed by atoms with Gasteiger partial charge in [-0.15, -0.1) is 0 Å². The van der Waals surface area contributed by atoms with E-state index in [2.05, 4.69) is 11.8 Å². The summed E-state index contributed by atoms with van der Waals surface area (Å²) in [6.07, 6.45) is 4.55. The molecule has 17 heavy (non-hydrogen) atoms. The van der Waals surface area contributed by atoms with Gasteiger partial charge in [0.15, 0.2) is 0 Å². The number of piperidine rings is 1. The van der Waals surface area contributed by atoms with Crippen LogP contribution in [0.2, 0.25) is 0 Å². The smallest absolute Gasteiger partial charge is 0.292 e. The first kappa shape index (κ1) is 11.9. The van der Waals surface area contributed by atoms with Gasteiger partial charge in [-0.1, -0.05) is 19.1 Å². The molecule has 0 radical (unpaired) electrons. The van der Waals surface area contributed by atoms with Crippen LogP contribution in [0.4, 0.5) is 11.4 Å². The molecule has 4 nitrogen and oxygen atoms in total. The summed E-state index contributed by atoms with van der Waals surface area (Å²) < 4.78 is 0. The van der Waals surface area contributed by atoms with Crippen LogP contribution >= 0.6 is 0 Å². The number of nitro groups is 1. The Morgan fingerprint density at radius 3 is 2.88 bits per heavy atom. The van der Waals surface area contributed by atoms with Gasteiger partial charge in [0.25, 0.3) is 5.69 Å². The maximum atomic E-state index is 11.0. The third-order valence-electron chi connectivity index (χ3n) is 3.49. The molecule has 0 aromatic heterocycles. The molecule has 0 aliphatic carbocycles. The van der Waals surface area contributed by atoms with Gasteiger partial charge in [0.1, 0.15) is 5.69 Å². The molecule has 1 atom stereocenters. The highest BCUT2D eigenvalue weighted by Gasteiger charge is 2.26. The molecule has 0 saturated carbocycles. The molecule has 1 aromatic carbocycles. The summed E-state index contributed by atoms with van der Waals surface area (Å²) in [5.74, 6) is 0. The van der Waals surface area contributed by atoms with Gasteiger partial charge >= 0.3 is 0 Å². The number of hydrogen-bond donors (Lipinski definition) is 0. The van der Waals surface area contributed by atoms with Crippen molar-refractivity contribution in [3.8, 4) is 0 Å². The van der Waals surface area contributed by atoms with Crippen molar-refractivity contribution in [1.29, 1.82) is 0 Å². The molecule has 1 aliphatic heterocycles. The molecular formula is C13H18N2O2. The summed E-state index contributed by atoms with van der Waals surface area (Å²) in [7, 11) is 0. The van der Waals surface area contributed by atoms with Gasteiger partial charge in [0, 0.05) is 18.7 Å². The monoisotopic (exact) mass is 234 g/mol. The van der Waals surface area contributed by atoms with Crippen molar-refractivity contribution >= 4 is 11.4 Å². The topological polar surface area (TPSA) is 46.4 Å². The summed E-state index contributed by atoms with van der Waals surface area (Å²) in [5, 5.41) is 11.0. The van der Waals surface area contributed by atoms with E-state index in [4.69, 9.17) is 0 Å². The molecule has 0 spiro atoms. The van der Waals surface area contributed by atoms with Crippen molar-refractivity contribution in [2.75, 3.05) is 11.4 Å². The summed E-state index contributed by atoms with van der Waals surface area (Å²) in [6.45, 7) is 3.08. The third kappa shape index (κ3) is 2.40. The number of anilines is 1. The fourth-order valence-corrected chi connectivity index (χ4v) is 2.60. The Labute approximate surface area is 101 Å². The summed E-state index contributed by atoms with van der Waals surface area (Å²) in [6, 6.07) is 7.52. The van der Waals surface area contributed by atoms with Gasteiger partial charge in [-0.3, -0.25) is 10.1 Å². The molecule has 1 aliphatic rings. The molecule has 2 rings (SSSR count). The van der Waals surface area contributed by atoms with E-state index in [9.17, 15) is 10.1 Å². The zero-order valence-corrected chi connectivity index (χ0v) is 10.1. The van der Waals surface area contributed by atoms with Crippen molar-refractivity contribution in [2.24, 2.45) is 0 Å². The molecule has 0 amide bonds. The fourth-order valence-electron chi connectivity index (χ4n) is 2.60. The van der Waals surface area contributed by atoms with Crippen LogP contribution in [0.15, 0.2) is 24.3 Å². The lowest BCUT2D eigenvalue weighted by molar-refractivity contribution is -0.384. The zero-order valence-electron chi connectivity index (χ0n) is 10.1. The molecule has 0 bridgehead atoms. The second-order valence-corrected chi connectivity index (χ2v) is 4.50. The van der Waals surface area contributed by atoms with Gasteiger partial charge < -0.3 is 4.90 Å². The minimum Gasteiger partial charge on any atom is -0.363 e. The summed E-state index contributed by atoms with van der Waals surface area (Å²) >= 11 is 0. The molecule has 1 unspecified atom stereocenters. The van der Waals surface area contributed by atoms with Crippen molar-refractivity contribution < 1.29 is 4.92 Å². The minimum absolute atomic E-state index is 0.229. The Hall–Kier alpha value is -1.58. The number of rotatable bonds is 3. The third-order valence-corrected chi connectivity index (χ3v) is 3.49. The van der Waals surface area contributed by atoms with Crippen molar-refractivity contribution in [1.82, 2.24) is 0 Å². The van der Waals surface area contributed by atoms with Gasteiger partial charge in [0.05, 0.1) is 4.92 Å². The van der Waals surface area contributed by atoms with Crippen LogP contribution in [0.25, 0.3) is 0 Å². The van der Waals surface area contributed by atoms with E-state index < -0.39 is 0 Å². The predicted octanol–water partition coefficient (Wildman–Crippen LogP) is 3.36. The first-order valence-electron chi connectivity index (χ1n) is 6.24. The second-order valence-electron chi connectivity index (χ2n) is 4.50. The van der Waals surface area contributed by atoms with Gasteiger partial charge in [-0.25, -0.2) is 0 Å². The van der Waals surface area contributed by atoms with Crippen LogP contribution < -0.4 is 4.90 Å². The largest absolute Gasteiger partial charge is 0.363 e. The quantitative estimate of drug-likeness (QED) is 0.595. The molecule has 1 saturated heterocycles. The Morgan fingerprint density at radius 1 is 1.41 bits per heavy atom. The van der Waals surface area contributed by atoms with E-state index in [0.717, 1.165) is 31.5 Å². The maximum Gasteiger partial charge on any atom is 0.292 e. The van der Waals surface area contributed by atoms with E-state index >= 15 is 0 Å². The van der Waals surface area contributed by atoms with E-state index in [-0.39, 0.29) is 10.6 Å². The molecule has 1 heterocycles. The first-order chi connectivity index (χ1) is 8.24. The number of benzene rings is 1. The predicted molar refractivity (Wildman–Crippen MR) is 68.4 cm³/mol. The highest BCUT2D eigenvalue weighted by atomic mass is 16.6. The van der Waals surface area contributed by atoms with Crippen LogP contribution in [0.1, 0.15) is 32.6 Å². The van der Waals surface area contributed by atoms with Crippen LogP contribution in [-0.4, -0.2) is 17.5 Å². The highest BCUT2D eigenvalue weighted by molar-refractivity contribution is 5.63.